The van der Waals surface area contributed by atoms with Crippen molar-refractivity contribution in [1.82, 2.24) is 0 Å². The second-order valence-electron chi connectivity index (χ2n) is 3.47. The van der Waals surface area contributed by atoms with Gasteiger partial charge in [-0.25, -0.2) is 0 Å². The Morgan fingerprint density at radius 3 is 2.00 bits per heavy atom. The van der Waals surface area contributed by atoms with Crippen LogP contribution in [-0.4, -0.2) is 6.29 Å². The van der Waals surface area contributed by atoms with Crippen molar-refractivity contribution < 1.29 is 4.79 Å². The third-order valence-electron chi connectivity index (χ3n) is 2.21. The molecule has 0 unspecified atom stereocenters. The first-order valence-corrected chi connectivity index (χ1v) is 5.46. The molecule has 0 aromatic heterocycles. The summed E-state index contributed by atoms with van der Waals surface area (Å²) in [4.78, 5) is 10.2. The topological polar surface area (TPSA) is 17.1 Å². The molecule has 0 saturated carbocycles. The van der Waals surface area contributed by atoms with Gasteiger partial charge in [0.25, 0.3) is 0 Å². The monoisotopic (exact) mass is 182 g/mol. The minimum Gasteiger partial charge on any atom is -0.303 e. The third kappa shape index (κ3) is 7.76. The molecule has 0 fully saturated rings. The highest BCUT2D eigenvalue weighted by atomic mass is 16.1. The molecule has 1 heteroatoms. The maximum absolute atomic E-state index is 10.2. The molecule has 76 valence electrons. The van der Waals surface area contributed by atoms with Crippen molar-refractivity contribution in [3.8, 4) is 0 Å². The van der Waals surface area contributed by atoms with E-state index in [0.717, 1.165) is 6.29 Å². The lowest BCUT2D eigenvalue weighted by molar-refractivity contribution is -0.107. The molecule has 0 aliphatic heterocycles. The van der Waals surface area contributed by atoms with Crippen LogP contribution >= 0.6 is 0 Å². The molecular formula is C12H22O. The molecule has 0 N–H and O–H groups in total. The van der Waals surface area contributed by atoms with Crippen molar-refractivity contribution in [2.45, 2.75) is 58.8 Å². The first-order chi connectivity index (χ1) is 6.35. The smallest absolute Gasteiger partial charge is 0.123 e. The van der Waals surface area contributed by atoms with E-state index in [-0.39, 0.29) is 0 Å². The van der Waals surface area contributed by atoms with Crippen LogP contribution in [0.25, 0.3) is 0 Å². The Morgan fingerprint density at radius 1 is 1.08 bits per heavy atom. The molecule has 0 heterocycles. The van der Waals surface area contributed by atoms with E-state index >= 15 is 0 Å². The first kappa shape index (κ1) is 12.4. The van der Waals surface area contributed by atoms with Crippen LogP contribution in [0.5, 0.6) is 0 Å². The van der Waals surface area contributed by atoms with E-state index < -0.39 is 0 Å². The highest BCUT2D eigenvalue weighted by Gasteiger charge is 1.96. The Morgan fingerprint density at radius 2 is 1.62 bits per heavy atom. The highest BCUT2D eigenvalue weighted by Crippen LogP contribution is 2.15. The fourth-order valence-corrected chi connectivity index (χ4v) is 1.35. The fourth-order valence-electron chi connectivity index (χ4n) is 1.35. The average molecular weight is 182 g/mol. The molecule has 0 aromatic rings. The van der Waals surface area contributed by atoms with E-state index in [2.05, 4.69) is 19.9 Å². The van der Waals surface area contributed by atoms with Crippen molar-refractivity contribution in [3.63, 3.8) is 0 Å². The number of rotatable bonds is 8. The van der Waals surface area contributed by atoms with Crippen LogP contribution in [0.3, 0.4) is 0 Å². The van der Waals surface area contributed by atoms with Gasteiger partial charge in [0.05, 0.1) is 0 Å². The number of allylic oxidation sites excluding steroid dienone is 2. The van der Waals surface area contributed by atoms with Gasteiger partial charge in [-0.2, -0.15) is 0 Å². The summed E-state index contributed by atoms with van der Waals surface area (Å²) in [5.74, 6) is 0. The van der Waals surface area contributed by atoms with Crippen molar-refractivity contribution in [3.05, 3.63) is 11.6 Å². The molecule has 0 rings (SSSR count). The van der Waals surface area contributed by atoms with Gasteiger partial charge < -0.3 is 4.79 Å². The zero-order chi connectivity index (χ0) is 9.94. The molecule has 13 heavy (non-hydrogen) atoms. The van der Waals surface area contributed by atoms with E-state index in [9.17, 15) is 4.79 Å². The Kier molecular flexibility index (Phi) is 9.07. The standard InChI is InChI=1S/C12H22O/c1-3-5-8-12(9-6-4-2)10-7-11-13/h10-11H,3-9H2,1-2H3. The average Bonchev–Trinajstić information content (AvgIpc) is 2.17. The number of hydrogen-bond acceptors (Lipinski definition) is 1. The summed E-state index contributed by atoms with van der Waals surface area (Å²) in [7, 11) is 0. The van der Waals surface area contributed by atoms with Gasteiger partial charge in [-0.1, -0.05) is 38.3 Å². The van der Waals surface area contributed by atoms with Gasteiger partial charge in [0.1, 0.15) is 6.29 Å². The highest BCUT2D eigenvalue weighted by molar-refractivity contribution is 5.52. The zero-order valence-electron chi connectivity index (χ0n) is 9.01. The molecule has 0 atom stereocenters. The molecule has 0 aromatic carbocycles. The molecular weight excluding hydrogens is 160 g/mol. The molecule has 0 saturated heterocycles. The van der Waals surface area contributed by atoms with Gasteiger partial charge in [-0.05, 0) is 25.7 Å². The molecule has 0 aliphatic rings. The van der Waals surface area contributed by atoms with Gasteiger partial charge >= 0.3 is 0 Å². The van der Waals surface area contributed by atoms with Gasteiger partial charge in [-0.3, -0.25) is 0 Å². The fraction of sp³-hybridized carbons (Fsp3) is 0.750. The Hall–Kier alpha value is -0.590. The van der Waals surface area contributed by atoms with E-state index in [0.29, 0.717) is 6.42 Å². The minimum atomic E-state index is 0.600. The maximum atomic E-state index is 10.2. The Labute approximate surface area is 82.2 Å². The summed E-state index contributed by atoms with van der Waals surface area (Å²) >= 11 is 0. The van der Waals surface area contributed by atoms with Gasteiger partial charge in [0.2, 0.25) is 0 Å². The molecule has 0 spiro atoms. The van der Waals surface area contributed by atoms with E-state index in [1.54, 1.807) is 0 Å². The summed E-state index contributed by atoms with van der Waals surface area (Å²) in [5.41, 5.74) is 1.48. The van der Waals surface area contributed by atoms with Crippen molar-refractivity contribution in [2.24, 2.45) is 0 Å². The molecule has 0 radical (unpaired) electrons. The van der Waals surface area contributed by atoms with Crippen molar-refractivity contribution in [1.29, 1.82) is 0 Å². The number of hydrogen-bond donors (Lipinski definition) is 0. The van der Waals surface area contributed by atoms with E-state index in [1.165, 1.54) is 44.1 Å². The number of carbonyl (C=O) groups excluding carboxylic acids is 1. The van der Waals surface area contributed by atoms with Crippen LogP contribution in [-0.2, 0) is 4.79 Å². The van der Waals surface area contributed by atoms with E-state index in [4.69, 9.17) is 0 Å². The number of aldehydes is 1. The lowest BCUT2D eigenvalue weighted by atomic mass is 10.0. The second-order valence-corrected chi connectivity index (χ2v) is 3.47. The lowest BCUT2D eigenvalue weighted by Crippen LogP contribution is -1.86. The Balaban J connectivity index is 3.78. The molecule has 1 nitrogen and oxygen atoms in total. The molecule has 0 aliphatic carbocycles. The van der Waals surface area contributed by atoms with Gasteiger partial charge in [0.15, 0.2) is 0 Å². The normalized spacial score (nSPS) is 9.69. The molecule has 0 amide bonds. The summed E-state index contributed by atoms with van der Waals surface area (Å²) in [5, 5.41) is 0. The summed E-state index contributed by atoms with van der Waals surface area (Å²) in [6, 6.07) is 0. The largest absolute Gasteiger partial charge is 0.303 e. The van der Waals surface area contributed by atoms with Crippen LogP contribution in [0.2, 0.25) is 0 Å². The van der Waals surface area contributed by atoms with Crippen molar-refractivity contribution in [2.75, 3.05) is 0 Å². The minimum absolute atomic E-state index is 0.600. The summed E-state index contributed by atoms with van der Waals surface area (Å²) in [6.07, 6.45) is 11.1. The quantitative estimate of drug-likeness (QED) is 0.411. The second kappa shape index (κ2) is 9.50. The van der Waals surface area contributed by atoms with Crippen LogP contribution in [0.1, 0.15) is 58.8 Å². The predicted octanol–water partition coefficient (Wildman–Crippen LogP) is 3.88. The van der Waals surface area contributed by atoms with Crippen molar-refractivity contribution >= 4 is 6.29 Å². The maximum Gasteiger partial charge on any atom is 0.123 e. The summed E-state index contributed by atoms with van der Waals surface area (Å²) in [6.45, 7) is 4.41. The first-order valence-electron chi connectivity index (χ1n) is 5.46. The zero-order valence-corrected chi connectivity index (χ0v) is 9.01. The summed E-state index contributed by atoms with van der Waals surface area (Å²) < 4.78 is 0. The SMILES string of the molecule is CCCCC(=CCC=O)CCCC. The van der Waals surface area contributed by atoms with Gasteiger partial charge in [-0.15, -0.1) is 0 Å². The van der Waals surface area contributed by atoms with E-state index in [1.807, 2.05) is 0 Å². The Bertz CT molecular complexity index is 137. The lowest BCUT2D eigenvalue weighted by Gasteiger charge is -2.04. The van der Waals surface area contributed by atoms with Crippen LogP contribution in [0.15, 0.2) is 11.6 Å². The van der Waals surface area contributed by atoms with Gasteiger partial charge in [0, 0.05) is 6.42 Å². The molecule has 0 bridgehead atoms. The third-order valence-corrected chi connectivity index (χ3v) is 2.21. The number of carbonyl (C=O) groups is 1. The number of unbranched alkanes of at least 4 members (excludes halogenated alkanes) is 2. The van der Waals surface area contributed by atoms with Crippen LogP contribution in [0.4, 0.5) is 0 Å². The van der Waals surface area contributed by atoms with Crippen LogP contribution < -0.4 is 0 Å². The predicted molar refractivity (Wildman–Crippen MR) is 57.8 cm³/mol. The van der Waals surface area contributed by atoms with Crippen LogP contribution in [0, 0.1) is 0 Å².